The van der Waals surface area contributed by atoms with Gasteiger partial charge in [-0.25, -0.2) is 4.79 Å². The highest BCUT2D eigenvalue weighted by atomic mass is 16.5. The van der Waals surface area contributed by atoms with Crippen molar-refractivity contribution in [1.82, 2.24) is 4.90 Å². The number of amides is 1. The average Bonchev–Trinajstić information content (AvgIpc) is 2.89. The molecule has 1 amide bonds. The van der Waals surface area contributed by atoms with Crippen molar-refractivity contribution in [3.63, 3.8) is 0 Å². The third-order valence-corrected chi connectivity index (χ3v) is 6.05. The minimum Gasteiger partial charge on any atom is -0.449 e. The van der Waals surface area contributed by atoms with Crippen molar-refractivity contribution in [2.24, 2.45) is 0 Å². The second-order valence-corrected chi connectivity index (χ2v) is 8.44. The van der Waals surface area contributed by atoms with Gasteiger partial charge in [0.25, 0.3) is 5.91 Å². The number of ether oxygens (including phenoxy) is 1. The fourth-order valence-electron chi connectivity index (χ4n) is 4.07. The van der Waals surface area contributed by atoms with E-state index in [0.29, 0.717) is 31.7 Å². The predicted octanol–water partition coefficient (Wildman–Crippen LogP) is 4.12. The summed E-state index contributed by atoms with van der Waals surface area (Å²) in [5.74, 6) is -1.17. The molecule has 6 nitrogen and oxygen atoms in total. The number of carbonyl (C=O) groups is 3. The minimum atomic E-state index is -0.946. The molecule has 0 spiro atoms. The molecule has 0 bridgehead atoms. The number of anilines is 1. The highest BCUT2D eigenvalue weighted by Gasteiger charge is 2.29. The lowest BCUT2D eigenvalue weighted by molar-refractivity contribution is -0.140. The molecule has 1 saturated heterocycles. The van der Waals surface area contributed by atoms with Crippen molar-refractivity contribution in [1.29, 1.82) is 0 Å². The lowest BCUT2D eigenvalue weighted by Gasteiger charge is -2.37. The molecule has 0 N–H and O–H groups in total. The summed E-state index contributed by atoms with van der Waals surface area (Å²) in [5, 5.41) is 0. The lowest BCUT2D eigenvalue weighted by atomic mass is 9.98. The van der Waals surface area contributed by atoms with E-state index in [1.807, 2.05) is 37.3 Å². The normalized spacial score (nSPS) is 14.4. The number of piperazine rings is 1. The van der Waals surface area contributed by atoms with Crippen LogP contribution in [-0.2, 0) is 9.53 Å². The third-order valence-electron chi connectivity index (χ3n) is 6.05. The standard InChI is InChI=1S/C28H28N2O4/c1-20-12-14-22(15-13-20)26(31)24-10-6-7-11-25(24)28(33)34-21(2)27(32)30-18-16-29(17-19-30)23-8-4-3-5-9-23/h3-15,21H,16-19H2,1-2H3. The van der Waals surface area contributed by atoms with E-state index in [0.717, 1.165) is 11.3 Å². The van der Waals surface area contributed by atoms with Crippen molar-refractivity contribution < 1.29 is 19.1 Å². The van der Waals surface area contributed by atoms with Crippen LogP contribution < -0.4 is 4.90 Å². The zero-order valence-electron chi connectivity index (χ0n) is 19.4. The molecular formula is C28H28N2O4. The molecular weight excluding hydrogens is 428 g/mol. The Kier molecular flexibility index (Phi) is 7.07. The molecule has 0 radical (unpaired) electrons. The Labute approximate surface area is 199 Å². The smallest absolute Gasteiger partial charge is 0.339 e. The third kappa shape index (κ3) is 5.17. The van der Waals surface area contributed by atoms with Crippen molar-refractivity contribution in [3.05, 3.63) is 101 Å². The van der Waals surface area contributed by atoms with Gasteiger partial charge in [0.15, 0.2) is 11.9 Å². The molecule has 0 aromatic heterocycles. The maximum absolute atomic E-state index is 13.0. The highest BCUT2D eigenvalue weighted by Crippen LogP contribution is 2.19. The van der Waals surface area contributed by atoms with Crippen molar-refractivity contribution in [2.45, 2.75) is 20.0 Å². The summed E-state index contributed by atoms with van der Waals surface area (Å²) in [6, 6.07) is 23.8. The Balaban J connectivity index is 1.40. The van der Waals surface area contributed by atoms with Gasteiger partial charge in [-0.1, -0.05) is 66.2 Å². The first-order chi connectivity index (χ1) is 16.4. The molecule has 4 rings (SSSR count). The first-order valence-electron chi connectivity index (χ1n) is 11.4. The summed E-state index contributed by atoms with van der Waals surface area (Å²) in [6.45, 7) is 6.05. The van der Waals surface area contributed by atoms with E-state index in [1.54, 1.807) is 48.2 Å². The van der Waals surface area contributed by atoms with Crippen LogP contribution in [0.3, 0.4) is 0 Å². The first-order valence-corrected chi connectivity index (χ1v) is 11.4. The van der Waals surface area contributed by atoms with Gasteiger partial charge in [-0.05, 0) is 32.0 Å². The van der Waals surface area contributed by atoms with E-state index >= 15 is 0 Å². The fraction of sp³-hybridized carbons (Fsp3) is 0.250. The van der Waals surface area contributed by atoms with E-state index in [2.05, 4.69) is 17.0 Å². The molecule has 1 heterocycles. The number of hydrogen-bond acceptors (Lipinski definition) is 5. The summed E-state index contributed by atoms with van der Waals surface area (Å²) < 4.78 is 5.51. The number of nitrogens with zero attached hydrogens (tertiary/aromatic N) is 2. The van der Waals surface area contributed by atoms with Gasteiger partial charge in [-0.15, -0.1) is 0 Å². The fourth-order valence-corrected chi connectivity index (χ4v) is 4.07. The lowest BCUT2D eigenvalue weighted by Crippen LogP contribution is -2.51. The number of esters is 1. The Hall–Kier alpha value is -3.93. The number of rotatable bonds is 6. The molecule has 34 heavy (non-hydrogen) atoms. The van der Waals surface area contributed by atoms with E-state index in [4.69, 9.17) is 4.74 Å². The number of carbonyl (C=O) groups excluding carboxylic acids is 3. The monoisotopic (exact) mass is 456 g/mol. The summed E-state index contributed by atoms with van der Waals surface area (Å²) in [6.07, 6.45) is -0.946. The summed E-state index contributed by atoms with van der Waals surface area (Å²) in [7, 11) is 0. The maximum Gasteiger partial charge on any atom is 0.339 e. The second-order valence-electron chi connectivity index (χ2n) is 8.44. The van der Waals surface area contributed by atoms with Gasteiger partial charge in [0.05, 0.1) is 5.56 Å². The SMILES string of the molecule is Cc1ccc(C(=O)c2ccccc2C(=O)OC(C)C(=O)N2CCN(c3ccccc3)CC2)cc1. The molecule has 0 saturated carbocycles. The molecule has 0 aliphatic carbocycles. The van der Waals surface area contributed by atoms with Crippen LogP contribution in [0.1, 0.15) is 38.8 Å². The van der Waals surface area contributed by atoms with Crippen LogP contribution in [0.25, 0.3) is 0 Å². The van der Waals surface area contributed by atoms with Gasteiger partial charge in [0.2, 0.25) is 0 Å². The topological polar surface area (TPSA) is 66.9 Å². The molecule has 1 aliphatic heterocycles. The summed E-state index contributed by atoms with van der Waals surface area (Å²) in [5.41, 5.74) is 3.07. The van der Waals surface area contributed by atoms with Crippen LogP contribution in [0.4, 0.5) is 5.69 Å². The van der Waals surface area contributed by atoms with E-state index < -0.39 is 12.1 Å². The zero-order valence-corrected chi connectivity index (χ0v) is 19.4. The number of benzene rings is 3. The number of ketones is 1. The first kappa shape index (κ1) is 23.2. The van der Waals surface area contributed by atoms with Gasteiger partial charge >= 0.3 is 5.97 Å². The molecule has 1 unspecified atom stereocenters. The van der Waals surface area contributed by atoms with Crippen molar-refractivity contribution in [2.75, 3.05) is 31.1 Å². The summed E-state index contributed by atoms with van der Waals surface area (Å²) >= 11 is 0. The van der Waals surface area contributed by atoms with Gasteiger partial charge < -0.3 is 14.5 Å². The van der Waals surface area contributed by atoms with Gasteiger partial charge in [-0.2, -0.15) is 0 Å². The maximum atomic E-state index is 13.0. The number of hydrogen-bond donors (Lipinski definition) is 0. The highest BCUT2D eigenvalue weighted by molar-refractivity contribution is 6.14. The van der Waals surface area contributed by atoms with E-state index in [-0.39, 0.29) is 22.8 Å². The van der Waals surface area contributed by atoms with Crippen LogP contribution in [0.2, 0.25) is 0 Å². The Morgan fingerprint density at radius 1 is 0.765 bits per heavy atom. The van der Waals surface area contributed by atoms with Crippen LogP contribution >= 0.6 is 0 Å². The largest absolute Gasteiger partial charge is 0.449 e. The molecule has 6 heteroatoms. The summed E-state index contributed by atoms with van der Waals surface area (Å²) in [4.78, 5) is 42.8. The Morgan fingerprint density at radius 2 is 1.35 bits per heavy atom. The van der Waals surface area contributed by atoms with E-state index in [9.17, 15) is 14.4 Å². The number of para-hydroxylation sites is 1. The van der Waals surface area contributed by atoms with Crippen molar-refractivity contribution in [3.8, 4) is 0 Å². The Morgan fingerprint density at radius 3 is 2.00 bits per heavy atom. The van der Waals surface area contributed by atoms with Crippen LogP contribution in [-0.4, -0.2) is 54.8 Å². The van der Waals surface area contributed by atoms with Crippen LogP contribution in [0.5, 0.6) is 0 Å². The molecule has 1 aliphatic rings. The molecule has 174 valence electrons. The minimum absolute atomic E-state index is 0.154. The zero-order chi connectivity index (χ0) is 24.1. The molecule has 3 aromatic carbocycles. The van der Waals surface area contributed by atoms with Crippen molar-refractivity contribution >= 4 is 23.3 Å². The van der Waals surface area contributed by atoms with Crippen LogP contribution in [0, 0.1) is 6.92 Å². The van der Waals surface area contributed by atoms with Crippen LogP contribution in [0.15, 0.2) is 78.9 Å². The second kappa shape index (κ2) is 10.3. The quantitative estimate of drug-likeness (QED) is 0.412. The Bertz CT molecular complexity index is 1170. The molecule has 3 aromatic rings. The predicted molar refractivity (Wildman–Crippen MR) is 131 cm³/mol. The molecule has 1 atom stereocenters. The van der Waals surface area contributed by atoms with Gasteiger partial charge in [0, 0.05) is 43.0 Å². The van der Waals surface area contributed by atoms with Gasteiger partial charge in [0.1, 0.15) is 0 Å². The van der Waals surface area contributed by atoms with Gasteiger partial charge in [-0.3, -0.25) is 9.59 Å². The average molecular weight is 457 g/mol. The molecule has 1 fully saturated rings. The van der Waals surface area contributed by atoms with E-state index in [1.165, 1.54) is 0 Å². The number of aryl methyl sites for hydroxylation is 1.